The molecule has 0 fully saturated rings. The molecular formula is C14H14N2O2. The first kappa shape index (κ1) is 12.1. The summed E-state index contributed by atoms with van der Waals surface area (Å²) in [6.45, 7) is 3.47. The van der Waals surface area contributed by atoms with E-state index in [0.717, 1.165) is 22.3 Å². The Morgan fingerprint density at radius 2 is 1.28 bits per heavy atom. The van der Waals surface area contributed by atoms with E-state index < -0.39 is 0 Å². The number of oxime groups is 2. The zero-order chi connectivity index (χ0) is 13.1. The van der Waals surface area contributed by atoms with Gasteiger partial charge in [-0.3, -0.25) is 0 Å². The van der Waals surface area contributed by atoms with Crippen LogP contribution in [-0.4, -0.2) is 21.8 Å². The van der Waals surface area contributed by atoms with Gasteiger partial charge in [-0.2, -0.15) is 0 Å². The second-order valence-corrected chi connectivity index (χ2v) is 4.08. The molecule has 0 amide bonds. The van der Waals surface area contributed by atoms with Crippen LogP contribution in [0.4, 0.5) is 0 Å². The summed E-state index contributed by atoms with van der Waals surface area (Å²) >= 11 is 0. The Hall–Kier alpha value is -2.36. The second kappa shape index (κ2) is 4.87. The molecule has 2 aliphatic carbocycles. The maximum absolute atomic E-state index is 8.92. The summed E-state index contributed by atoms with van der Waals surface area (Å²) in [6, 6.07) is 11.5. The Kier molecular flexibility index (Phi) is 3.28. The molecule has 0 heterocycles. The molecule has 0 saturated carbocycles. The first-order valence-corrected chi connectivity index (χ1v) is 5.59. The van der Waals surface area contributed by atoms with Crippen molar-refractivity contribution >= 4 is 11.4 Å². The fraction of sp³-hybridized carbons (Fsp3) is 0.143. The van der Waals surface area contributed by atoms with Gasteiger partial charge in [0.1, 0.15) is 0 Å². The molecule has 2 rings (SSSR count). The summed E-state index contributed by atoms with van der Waals surface area (Å²) in [4.78, 5) is 0. The van der Waals surface area contributed by atoms with Crippen molar-refractivity contribution in [2.45, 2.75) is 13.8 Å². The van der Waals surface area contributed by atoms with Crippen molar-refractivity contribution in [3.05, 3.63) is 47.5 Å². The van der Waals surface area contributed by atoms with Crippen molar-refractivity contribution in [2.75, 3.05) is 0 Å². The van der Waals surface area contributed by atoms with Crippen molar-refractivity contribution < 1.29 is 10.4 Å². The molecule has 0 aromatic heterocycles. The summed E-state index contributed by atoms with van der Waals surface area (Å²) in [5, 5.41) is 24.3. The normalized spacial score (nSPS) is 13.0. The van der Waals surface area contributed by atoms with E-state index in [4.69, 9.17) is 10.4 Å². The lowest BCUT2D eigenvalue weighted by atomic mass is 10.0. The van der Waals surface area contributed by atoms with E-state index >= 15 is 0 Å². The number of rotatable bonds is 2. The Morgan fingerprint density at radius 1 is 0.833 bits per heavy atom. The largest absolute Gasteiger partial charge is 0.411 e. The SMILES string of the molecule is CC(=NO)c1cc(C(C)=NO)c2cccccc1-2. The van der Waals surface area contributed by atoms with Gasteiger partial charge in [0, 0.05) is 11.1 Å². The molecule has 2 aliphatic rings. The van der Waals surface area contributed by atoms with Crippen molar-refractivity contribution in [3.8, 4) is 11.1 Å². The van der Waals surface area contributed by atoms with Crippen LogP contribution < -0.4 is 0 Å². The lowest BCUT2D eigenvalue weighted by Crippen LogP contribution is -1.93. The Labute approximate surface area is 105 Å². The van der Waals surface area contributed by atoms with E-state index in [9.17, 15) is 0 Å². The van der Waals surface area contributed by atoms with Crippen LogP contribution >= 0.6 is 0 Å². The molecule has 92 valence electrons. The fourth-order valence-electron chi connectivity index (χ4n) is 2.02. The molecule has 2 N–H and O–H groups in total. The summed E-state index contributed by atoms with van der Waals surface area (Å²) in [6.07, 6.45) is 0. The lowest BCUT2D eigenvalue weighted by Gasteiger charge is -2.00. The molecule has 0 spiro atoms. The standard InChI is InChI=1S/C14H14N2O2/c1-9(15-17)13-8-14(10(2)16-18)12-7-5-3-4-6-11(12)13/h3-8,17-18H,1-2H3. The van der Waals surface area contributed by atoms with Crippen molar-refractivity contribution in [1.29, 1.82) is 0 Å². The van der Waals surface area contributed by atoms with Crippen LogP contribution in [0.15, 0.2) is 46.7 Å². The van der Waals surface area contributed by atoms with Gasteiger partial charge in [0.25, 0.3) is 0 Å². The monoisotopic (exact) mass is 242 g/mol. The molecule has 0 aromatic carbocycles. The molecule has 0 aliphatic heterocycles. The van der Waals surface area contributed by atoms with Crippen LogP contribution in [0.25, 0.3) is 11.1 Å². The predicted molar refractivity (Wildman–Crippen MR) is 71.1 cm³/mol. The van der Waals surface area contributed by atoms with Gasteiger partial charge in [-0.05, 0) is 31.0 Å². The van der Waals surface area contributed by atoms with E-state index in [1.54, 1.807) is 13.8 Å². The van der Waals surface area contributed by atoms with Gasteiger partial charge in [-0.15, -0.1) is 0 Å². The van der Waals surface area contributed by atoms with Crippen molar-refractivity contribution in [1.82, 2.24) is 0 Å². The number of hydrogen-bond donors (Lipinski definition) is 2. The van der Waals surface area contributed by atoms with Crippen molar-refractivity contribution in [3.63, 3.8) is 0 Å². The van der Waals surface area contributed by atoms with Gasteiger partial charge in [-0.1, -0.05) is 40.6 Å². The summed E-state index contributed by atoms with van der Waals surface area (Å²) < 4.78 is 0. The highest BCUT2D eigenvalue weighted by Crippen LogP contribution is 2.32. The minimum Gasteiger partial charge on any atom is -0.411 e. The topological polar surface area (TPSA) is 65.2 Å². The number of nitrogens with zero attached hydrogens (tertiary/aromatic N) is 2. The summed E-state index contributed by atoms with van der Waals surface area (Å²) in [5.41, 5.74) is 4.66. The summed E-state index contributed by atoms with van der Waals surface area (Å²) in [7, 11) is 0. The van der Waals surface area contributed by atoms with Crippen LogP contribution in [0.5, 0.6) is 0 Å². The lowest BCUT2D eigenvalue weighted by molar-refractivity contribution is 0.319. The minimum atomic E-state index is 0.531. The number of hydrogen-bond acceptors (Lipinski definition) is 4. The molecule has 0 bridgehead atoms. The first-order chi connectivity index (χ1) is 8.69. The summed E-state index contributed by atoms with van der Waals surface area (Å²) in [5.74, 6) is 0. The highest BCUT2D eigenvalue weighted by molar-refractivity contribution is 6.13. The van der Waals surface area contributed by atoms with Crippen LogP contribution in [0.1, 0.15) is 25.0 Å². The minimum absolute atomic E-state index is 0.531. The van der Waals surface area contributed by atoms with Crippen LogP contribution in [0.2, 0.25) is 0 Å². The Morgan fingerprint density at radius 3 is 1.67 bits per heavy atom. The highest BCUT2D eigenvalue weighted by atomic mass is 16.4. The zero-order valence-electron chi connectivity index (χ0n) is 10.3. The van der Waals surface area contributed by atoms with Gasteiger partial charge in [0.05, 0.1) is 11.4 Å². The molecular weight excluding hydrogens is 228 g/mol. The van der Waals surface area contributed by atoms with Gasteiger partial charge >= 0.3 is 0 Å². The molecule has 4 heteroatoms. The number of fused-ring (bicyclic) bond motifs is 1. The second-order valence-electron chi connectivity index (χ2n) is 4.08. The smallest absolute Gasteiger partial charge is 0.0843 e. The van der Waals surface area contributed by atoms with E-state index in [0.29, 0.717) is 11.4 Å². The molecule has 0 atom stereocenters. The van der Waals surface area contributed by atoms with Gasteiger partial charge in [0.15, 0.2) is 0 Å². The van der Waals surface area contributed by atoms with Gasteiger partial charge < -0.3 is 10.4 Å². The molecule has 0 aromatic rings. The fourth-order valence-corrected chi connectivity index (χ4v) is 2.02. The van der Waals surface area contributed by atoms with E-state index in [1.165, 1.54) is 0 Å². The van der Waals surface area contributed by atoms with E-state index in [1.807, 2.05) is 36.4 Å². The molecule has 0 saturated heterocycles. The third-order valence-corrected chi connectivity index (χ3v) is 2.99. The highest BCUT2D eigenvalue weighted by Gasteiger charge is 2.18. The third-order valence-electron chi connectivity index (χ3n) is 2.99. The molecule has 0 radical (unpaired) electrons. The van der Waals surface area contributed by atoms with Gasteiger partial charge in [0.2, 0.25) is 0 Å². The quantitative estimate of drug-likeness (QED) is 0.482. The average Bonchev–Trinajstić information content (AvgIpc) is 2.59. The maximum atomic E-state index is 8.92. The molecule has 0 unspecified atom stereocenters. The van der Waals surface area contributed by atoms with E-state index in [2.05, 4.69) is 10.3 Å². The molecule has 18 heavy (non-hydrogen) atoms. The van der Waals surface area contributed by atoms with Crippen LogP contribution in [0.3, 0.4) is 0 Å². The van der Waals surface area contributed by atoms with Crippen LogP contribution in [0, 0.1) is 0 Å². The van der Waals surface area contributed by atoms with Crippen LogP contribution in [-0.2, 0) is 0 Å². The molecule has 4 nitrogen and oxygen atoms in total. The zero-order valence-corrected chi connectivity index (χ0v) is 10.3. The van der Waals surface area contributed by atoms with E-state index in [-0.39, 0.29) is 0 Å². The van der Waals surface area contributed by atoms with Gasteiger partial charge in [-0.25, -0.2) is 0 Å². The first-order valence-electron chi connectivity index (χ1n) is 5.59. The maximum Gasteiger partial charge on any atom is 0.0843 e. The third kappa shape index (κ3) is 1.93. The average molecular weight is 242 g/mol. The predicted octanol–water partition coefficient (Wildman–Crippen LogP) is 3.19. The van der Waals surface area contributed by atoms with Crippen molar-refractivity contribution in [2.24, 2.45) is 10.3 Å². The Balaban J connectivity index is 2.77. The Bertz CT molecular complexity index is 553.